The van der Waals surface area contributed by atoms with Crippen molar-refractivity contribution in [1.29, 1.82) is 0 Å². The highest BCUT2D eigenvalue weighted by molar-refractivity contribution is 7.17. The first-order valence-electron chi connectivity index (χ1n) is 10.2. The van der Waals surface area contributed by atoms with Crippen LogP contribution in [0.2, 0.25) is 0 Å². The van der Waals surface area contributed by atoms with Gasteiger partial charge in [0.25, 0.3) is 11.1 Å². The van der Waals surface area contributed by atoms with E-state index in [1.54, 1.807) is 32.7 Å². The first kappa shape index (κ1) is 18.7. The SMILES string of the molecule is O=c1c2c(-c3ccccc3)csc2ncn1Cc1cc(=O)n2c3c(sc2n1)CCCC3. The van der Waals surface area contributed by atoms with Crippen LogP contribution in [0.25, 0.3) is 26.3 Å². The van der Waals surface area contributed by atoms with Crippen LogP contribution in [0.5, 0.6) is 0 Å². The van der Waals surface area contributed by atoms with Gasteiger partial charge in [-0.05, 0) is 31.2 Å². The first-order valence-corrected chi connectivity index (χ1v) is 11.9. The number of thiophene rings is 1. The van der Waals surface area contributed by atoms with E-state index >= 15 is 0 Å². The summed E-state index contributed by atoms with van der Waals surface area (Å²) in [6.45, 7) is 0.222. The number of fused-ring (bicyclic) bond motifs is 4. The number of rotatable bonds is 3. The van der Waals surface area contributed by atoms with E-state index in [1.807, 2.05) is 35.7 Å². The minimum Gasteiger partial charge on any atom is -0.293 e. The maximum atomic E-state index is 13.3. The van der Waals surface area contributed by atoms with Crippen molar-refractivity contribution in [2.45, 2.75) is 32.2 Å². The van der Waals surface area contributed by atoms with E-state index in [0.29, 0.717) is 11.1 Å². The summed E-state index contributed by atoms with van der Waals surface area (Å²) >= 11 is 3.06. The lowest BCUT2D eigenvalue weighted by atomic mass is 10.0. The lowest BCUT2D eigenvalue weighted by molar-refractivity contribution is 0.668. The summed E-state index contributed by atoms with van der Waals surface area (Å²) in [5.41, 5.74) is 3.40. The van der Waals surface area contributed by atoms with Crippen LogP contribution in [0, 0.1) is 0 Å². The largest absolute Gasteiger partial charge is 0.293 e. The van der Waals surface area contributed by atoms with Gasteiger partial charge in [0.15, 0.2) is 4.96 Å². The fraction of sp³-hybridized carbons (Fsp3) is 0.217. The van der Waals surface area contributed by atoms with E-state index in [1.165, 1.54) is 16.2 Å². The molecule has 31 heavy (non-hydrogen) atoms. The third kappa shape index (κ3) is 3.05. The number of aromatic nitrogens is 4. The van der Waals surface area contributed by atoms with Crippen LogP contribution in [-0.2, 0) is 19.4 Å². The van der Waals surface area contributed by atoms with Crippen LogP contribution in [-0.4, -0.2) is 18.9 Å². The summed E-state index contributed by atoms with van der Waals surface area (Å²) in [6, 6.07) is 11.4. The van der Waals surface area contributed by atoms with Crippen molar-refractivity contribution in [1.82, 2.24) is 18.9 Å². The van der Waals surface area contributed by atoms with E-state index in [9.17, 15) is 9.59 Å². The average molecular weight is 447 g/mol. The topological polar surface area (TPSA) is 69.3 Å². The highest BCUT2D eigenvalue weighted by Gasteiger charge is 2.19. The molecule has 0 N–H and O–H groups in total. The summed E-state index contributed by atoms with van der Waals surface area (Å²) in [5.74, 6) is 0. The average Bonchev–Trinajstić information content (AvgIpc) is 3.38. The molecule has 0 amide bonds. The molecule has 1 aliphatic carbocycles. The Morgan fingerprint density at radius 2 is 1.90 bits per heavy atom. The number of aryl methyl sites for hydroxylation is 2. The van der Waals surface area contributed by atoms with Crippen molar-refractivity contribution >= 4 is 37.9 Å². The van der Waals surface area contributed by atoms with Gasteiger partial charge in [-0.15, -0.1) is 22.7 Å². The van der Waals surface area contributed by atoms with Crippen molar-refractivity contribution in [3.8, 4) is 11.1 Å². The van der Waals surface area contributed by atoms with Gasteiger partial charge in [0.1, 0.15) is 4.83 Å². The van der Waals surface area contributed by atoms with Crippen molar-refractivity contribution in [2.24, 2.45) is 0 Å². The zero-order chi connectivity index (χ0) is 20.9. The molecule has 0 atom stereocenters. The third-order valence-electron chi connectivity index (χ3n) is 5.79. The molecular formula is C23H18N4O2S2. The number of hydrogen-bond acceptors (Lipinski definition) is 6. The van der Waals surface area contributed by atoms with E-state index in [-0.39, 0.29) is 17.7 Å². The maximum absolute atomic E-state index is 13.3. The molecule has 154 valence electrons. The second-order valence-electron chi connectivity index (χ2n) is 7.76. The molecule has 0 unspecified atom stereocenters. The van der Waals surface area contributed by atoms with Gasteiger partial charge in [-0.3, -0.25) is 18.6 Å². The lowest BCUT2D eigenvalue weighted by Crippen LogP contribution is -2.23. The Morgan fingerprint density at radius 3 is 2.77 bits per heavy atom. The van der Waals surface area contributed by atoms with Gasteiger partial charge in [-0.1, -0.05) is 30.3 Å². The molecule has 5 aromatic rings. The quantitative estimate of drug-likeness (QED) is 0.418. The minimum atomic E-state index is -0.113. The van der Waals surface area contributed by atoms with Crippen molar-refractivity contribution < 1.29 is 0 Å². The third-order valence-corrected chi connectivity index (χ3v) is 7.82. The molecule has 8 heteroatoms. The molecule has 6 nitrogen and oxygen atoms in total. The van der Waals surface area contributed by atoms with Gasteiger partial charge in [-0.2, -0.15) is 0 Å². The zero-order valence-electron chi connectivity index (χ0n) is 16.6. The molecule has 6 rings (SSSR count). The van der Waals surface area contributed by atoms with Crippen LogP contribution in [0.15, 0.2) is 57.7 Å². The highest BCUT2D eigenvalue weighted by Crippen LogP contribution is 2.31. The number of thiazole rings is 1. The maximum Gasteiger partial charge on any atom is 0.263 e. The predicted molar refractivity (Wildman–Crippen MR) is 124 cm³/mol. The second-order valence-corrected chi connectivity index (χ2v) is 9.68. The van der Waals surface area contributed by atoms with Crippen LogP contribution in [0.1, 0.15) is 29.1 Å². The molecular weight excluding hydrogens is 428 g/mol. The fourth-order valence-electron chi connectivity index (χ4n) is 4.31. The van der Waals surface area contributed by atoms with Gasteiger partial charge in [0.05, 0.1) is 24.0 Å². The zero-order valence-corrected chi connectivity index (χ0v) is 18.2. The molecule has 4 heterocycles. The first-order chi connectivity index (χ1) is 15.2. The van der Waals surface area contributed by atoms with E-state index < -0.39 is 0 Å². The molecule has 1 aliphatic rings. The second kappa shape index (κ2) is 7.25. The standard InChI is InChI=1S/C23H18N4O2S2/c28-19-10-15(25-23-27(19)17-8-4-5-9-18(17)31-23)11-26-13-24-21-20(22(26)29)16(12-30-21)14-6-2-1-3-7-14/h1-3,6-7,10,12-13H,4-5,8-9,11H2. The van der Waals surface area contributed by atoms with Crippen molar-refractivity contribution in [3.05, 3.63) is 85.1 Å². The van der Waals surface area contributed by atoms with Gasteiger partial charge in [0.2, 0.25) is 0 Å². The number of nitrogens with zero attached hydrogens (tertiary/aromatic N) is 4. The molecule has 1 aromatic carbocycles. The van der Waals surface area contributed by atoms with Crippen LogP contribution in [0.3, 0.4) is 0 Å². The molecule has 0 saturated carbocycles. The van der Waals surface area contributed by atoms with Crippen LogP contribution < -0.4 is 11.1 Å². The van der Waals surface area contributed by atoms with Gasteiger partial charge in [0, 0.05) is 27.6 Å². The molecule has 0 saturated heterocycles. The van der Waals surface area contributed by atoms with E-state index in [2.05, 4.69) is 4.98 Å². The molecule has 0 fully saturated rings. The van der Waals surface area contributed by atoms with E-state index in [0.717, 1.165) is 52.3 Å². The van der Waals surface area contributed by atoms with E-state index in [4.69, 9.17) is 4.98 Å². The van der Waals surface area contributed by atoms with Crippen LogP contribution in [0.4, 0.5) is 0 Å². The summed E-state index contributed by atoms with van der Waals surface area (Å²) in [4.78, 5) is 38.1. The van der Waals surface area contributed by atoms with Crippen molar-refractivity contribution in [2.75, 3.05) is 0 Å². The Balaban J connectivity index is 1.45. The van der Waals surface area contributed by atoms with Crippen LogP contribution >= 0.6 is 22.7 Å². The minimum absolute atomic E-state index is 0.0676. The lowest BCUT2D eigenvalue weighted by Gasteiger charge is -2.10. The van der Waals surface area contributed by atoms with Crippen molar-refractivity contribution in [3.63, 3.8) is 0 Å². The fourth-order valence-corrected chi connectivity index (χ4v) is 6.45. The monoisotopic (exact) mass is 446 g/mol. The Bertz CT molecular complexity index is 1560. The number of hydrogen-bond donors (Lipinski definition) is 0. The predicted octanol–water partition coefficient (Wildman–Crippen LogP) is 4.12. The smallest absolute Gasteiger partial charge is 0.263 e. The van der Waals surface area contributed by atoms with Gasteiger partial charge in [-0.25, -0.2) is 9.97 Å². The Hall–Kier alpha value is -3.10. The Labute approximate surface area is 185 Å². The summed E-state index contributed by atoms with van der Waals surface area (Å²) in [5, 5.41) is 2.59. The molecule has 0 bridgehead atoms. The summed E-state index contributed by atoms with van der Waals surface area (Å²) < 4.78 is 3.30. The molecule has 0 spiro atoms. The Kier molecular flexibility index (Phi) is 4.36. The summed E-state index contributed by atoms with van der Waals surface area (Å²) in [6.07, 6.45) is 5.76. The molecule has 0 radical (unpaired) electrons. The molecule has 0 aliphatic heterocycles. The number of benzene rings is 1. The summed E-state index contributed by atoms with van der Waals surface area (Å²) in [7, 11) is 0. The van der Waals surface area contributed by atoms with Gasteiger partial charge >= 0.3 is 0 Å². The Morgan fingerprint density at radius 1 is 1.06 bits per heavy atom. The highest BCUT2D eigenvalue weighted by atomic mass is 32.1. The molecule has 4 aromatic heterocycles. The van der Waals surface area contributed by atoms with Gasteiger partial charge < -0.3 is 0 Å². The normalized spacial score (nSPS) is 13.7.